The minimum absolute atomic E-state index is 0.0198. The highest BCUT2D eigenvalue weighted by Crippen LogP contribution is 2.30. The number of carbonyl (C=O) groups excluding carboxylic acids is 11. The SMILES string of the molecule is COCCOCCOCCOCCOCCOCCOCCOCCOCCOCCOCCOCCC(=O)CCCCC[C@H](NC(=O)[C@H](CNC(=O)OC(C)(C)C)N1C(=O)C=CC1=O)C(=O)NCCC(=O)Nc1cc(O[C@@H]2O[C@H](C(=O)O)[C@@H](O)[C@H](O)[C@H]2O)ccc1COC(=O)Nc1cccc(C(=O)N(C)CCON(C(=O)CCCCCCCC(=O)Cc2ccncc2)C2CCCCC2)c1. The highest BCUT2D eigenvalue weighted by Gasteiger charge is 2.48. The van der Waals surface area contributed by atoms with E-state index in [1.54, 1.807) is 53.4 Å². The molecule has 42 heteroatoms. The largest absolute Gasteiger partial charge is 0.479 e. The van der Waals surface area contributed by atoms with Crippen molar-refractivity contribution in [2.24, 2.45) is 0 Å². The van der Waals surface area contributed by atoms with E-state index < -0.39 is 128 Å². The maximum Gasteiger partial charge on any atom is 0.411 e. The predicted octanol–water partition coefficient (Wildman–Crippen LogP) is 5.30. The first-order valence-corrected chi connectivity index (χ1v) is 46.3. The normalized spacial score (nSPS) is 16.6. The van der Waals surface area contributed by atoms with Gasteiger partial charge in [0.15, 0.2) is 6.10 Å². The Morgan fingerprint density at radius 3 is 1.64 bits per heavy atom. The summed E-state index contributed by atoms with van der Waals surface area (Å²) in [6.45, 7) is 12.7. The second-order valence-electron chi connectivity index (χ2n) is 32.9. The third kappa shape index (κ3) is 48.2. The molecular weight excluding hydrogens is 1770 g/mol. The number of ether oxygens (including phenoxy) is 16. The lowest BCUT2D eigenvalue weighted by molar-refractivity contribution is -0.271. The molecule has 2 aromatic carbocycles. The second-order valence-corrected chi connectivity index (χ2v) is 32.9. The van der Waals surface area contributed by atoms with Crippen LogP contribution < -0.4 is 31.3 Å². The Kier molecular flexibility index (Phi) is 57.0. The summed E-state index contributed by atoms with van der Waals surface area (Å²) >= 11 is 0. The molecule has 1 saturated heterocycles. The summed E-state index contributed by atoms with van der Waals surface area (Å²) < 4.78 is 87.5. The number of aliphatic hydroxyl groups is 3. The number of pyridine rings is 1. The number of carboxylic acid groups (broad SMARTS) is 1. The smallest absolute Gasteiger partial charge is 0.411 e. The standard InChI is InChI=1S/C93H141N9O33/c1-93(2,3)135-91(117)96-65-77(101-79(106)28-29-80(101)107)87(113)99-75(24-15-10-14-22-72(103)33-38-120-42-43-122-46-47-124-50-51-126-54-55-128-58-59-130-61-60-129-57-56-127-53-52-125-49-48-123-45-44-121-41-40-119-5)86(112)95-36-32-78(105)98-76-64-74(133-90-84(111)82(109)83(110)85(134-90)89(115)116)27-26-69(76)66-131-92(118)97-70-19-17-18-68(63-70)88(114)100(4)37-39-132-102(71-20-11-9-12-21-71)81(108)25-16-8-6-7-13-23-73(104)62-67-30-34-94-35-31-67/h17-19,26-31,34-35,63-64,71,75,77,82-85,90,109-111H,6-16,20-25,32-33,36-62,65-66H2,1-5H3,(H,95,112)(H,96,117)(H,97,118)(H,98,105)(H,99,113)(H,115,116)/t75-,77-,82-,83-,84+,85-,90+/m0/s1. The average molecular weight is 1910 g/mol. The highest BCUT2D eigenvalue weighted by atomic mass is 16.7. The van der Waals surface area contributed by atoms with Crippen LogP contribution in [0.1, 0.15) is 164 Å². The molecule has 0 spiro atoms. The molecule has 0 bridgehead atoms. The van der Waals surface area contributed by atoms with Gasteiger partial charge in [-0.2, -0.15) is 0 Å². The van der Waals surface area contributed by atoms with Gasteiger partial charge in [0, 0.05) is 113 Å². The van der Waals surface area contributed by atoms with E-state index in [0.29, 0.717) is 176 Å². The van der Waals surface area contributed by atoms with Gasteiger partial charge in [-0.1, -0.05) is 57.4 Å². The number of hydroxylamine groups is 2. The summed E-state index contributed by atoms with van der Waals surface area (Å²) in [7, 11) is 3.20. The maximum atomic E-state index is 14.3. The number of methoxy groups -OCH3 is 1. The number of carbonyl (C=O) groups is 12. The third-order valence-corrected chi connectivity index (χ3v) is 21.0. The summed E-state index contributed by atoms with van der Waals surface area (Å²) in [6.07, 6.45) is 3.61. The van der Waals surface area contributed by atoms with Crippen molar-refractivity contribution in [3.8, 4) is 5.75 Å². The number of likely N-dealkylation sites (N-methyl/N-ethyl adjacent to an activating group) is 1. The Morgan fingerprint density at radius 1 is 0.556 bits per heavy atom. The Morgan fingerprint density at radius 2 is 1.09 bits per heavy atom. The molecule has 7 atom stereocenters. The number of ketones is 2. The van der Waals surface area contributed by atoms with Crippen LogP contribution in [0.4, 0.5) is 21.0 Å². The first-order chi connectivity index (χ1) is 65.2. The van der Waals surface area contributed by atoms with Crippen molar-refractivity contribution >= 4 is 82.4 Å². The van der Waals surface area contributed by atoms with Crippen LogP contribution in [0, 0.1) is 0 Å². The number of imide groups is 1. The minimum atomic E-state index is -2.06. The molecule has 2 fully saturated rings. The van der Waals surface area contributed by atoms with Gasteiger partial charge in [0.05, 0.1) is 177 Å². The van der Waals surface area contributed by atoms with Gasteiger partial charge >= 0.3 is 18.2 Å². The van der Waals surface area contributed by atoms with Gasteiger partial charge in [-0.15, -0.1) is 0 Å². The molecule has 42 nitrogen and oxygen atoms in total. The van der Waals surface area contributed by atoms with Crippen molar-refractivity contribution in [2.75, 3.05) is 203 Å². The van der Waals surface area contributed by atoms with Crippen molar-refractivity contribution in [1.29, 1.82) is 0 Å². The summed E-state index contributed by atoms with van der Waals surface area (Å²) in [4.78, 5) is 172. The van der Waals surface area contributed by atoms with Gasteiger partial charge in [0.25, 0.3) is 17.7 Å². The van der Waals surface area contributed by atoms with Crippen LogP contribution in [0.15, 0.2) is 79.1 Å². The number of carboxylic acids is 1. The summed E-state index contributed by atoms with van der Waals surface area (Å²) in [5, 5.41) is 55.8. The number of nitrogens with zero attached hydrogens (tertiary/aromatic N) is 4. The number of hydrogen-bond donors (Lipinski definition) is 9. The molecule has 135 heavy (non-hydrogen) atoms. The van der Waals surface area contributed by atoms with E-state index in [0.717, 1.165) is 75.5 Å². The van der Waals surface area contributed by atoms with E-state index in [2.05, 4.69) is 31.6 Å². The van der Waals surface area contributed by atoms with Crippen molar-refractivity contribution < 1.29 is 159 Å². The van der Waals surface area contributed by atoms with Crippen molar-refractivity contribution in [1.82, 2.24) is 35.8 Å². The van der Waals surface area contributed by atoms with Gasteiger partial charge in [-0.25, -0.2) is 19.4 Å². The minimum Gasteiger partial charge on any atom is -0.479 e. The molecule has 0 unspecified atom stereocenters. The number of alkyl carbamates (subject to hydrolysis) is 1. The van der Waals surface area contributed by atoms with Crippen LogP contribution in [-0.4, -0.2) is 358 Å². The number of rotatable bonds is 74. The molecule has 756 valence electrons. The van der Waals surface area contributed by atoms with Gasteiger partial charge in [0.1, 0.15) is 59.9 Å². The zero-order valence-electron chi connectivity index (χ0n) is 78.5. The Bertz CT molecular complexity index is 4010. The number of Topliss-reactive ketones (excluding diaryl/α,β-unsaturated/α-hetero) is 2. The molecule has 6 rings (SSSR count). The van der Waals surface area contributed by atoms with Gasteiger partial charge in [-0.05, 0) is 107 Å². The fraction of sp³-hybridized carbons (Fsp3) is 0.667. The Balaban J connectivity index is 0.934. The van der Waals surface area contributed by atoms with Gasteiger partial charge in [-0.3, -0.25) is 63.2 Å². The number of hydrogen-bond acceptors (Lipinski definition) is 33. The fourth-order valence-corrected chi connectivity index (χ4v) is 13.8. The van der Waals surface area contributed by atoms with E-state index in [4.69, 9.17) is 80.6 Å². The van der Waals surface area contributed by atoms with E-state index in [-0.39, 0.29) is 110 Å². The van der Waals surface area contributed by atoms with E-state index in [9.17, 15) is 78.0 Å². The summed E-state index contributed by atoms with van der Waals surface area (Å²) in [5.41, 5.74) is 0.286. The molecule has 1 aromatic heterocycles. The number of unbranched alkanes of at least 4 members (excludes halogenated alkanes) is 6. The number of aliphatic hydroxyl groups excluding tert-OH is 3. The Hall–Kier alpha value is -9.71. The van der Waals surface area contributed by atoms with Crippen LogP contribution in [0.5, 0.6) is 5.75 Å². The zero-order chi connectivity index (χ0) is 97.6. The Labute approximate surface area is 788 Å². The molecule has 3 heterocycles. The number of nitrogens with one attached hydrogen (secondary N) is 5. The lowest BCUT2D eigenvalue weighted by Gasteiger charge is -2.38. The predicted molar refractivity (Wildman–Crippen MR) is 484 cm³/mol. The monoisotopic (exact) mass is 1910 g/mol. The third-order valence-electron chi connectivity index (χ3n) is 21.0. The maximum absolute atomic E-state index is 14.3. The number of amides is 9. The molecule has 1 saturated carbocycles. The number of aliphatic carboxylic acids is 1. The van der Waals surface area contributed by atoms with Crippen LogP contribution >= 0.6 is 0 Å². The number of anilines is 2. The number of benzene rings is 2. The van der Waals surface area contributed by atoms with Crippen molar-refractivity contribution in [2.45, 2.75) is 210 Å². The number of aromatic nitrogens is 1. The molecule has 0 radical (unpaired) electrons. The molecule has 9 amide bonds. The molecular formula is C93H141N9O33. The van der Waals surface area contributed by atoms with Crippen LogP contribution in [0.25, 0.3) is 0 Å². The first-order valence-electron chi connectivity index (χ1n) is 46.3. The molecule has 1 aliphatic carbocycles. The van der Waals surface area contributed by atoms with E-state index in [1.165, 1.54) is 46.4 Å². The van der Waals surface area contributed by atoms with Crippen LogP contribution in [0.3, 0.4) is 0 Å². The van der Waals surface area contributed by atoms with E-state index >= 15 is 0 Å². The topological polar surface area (TPSA) is 525 Å². The van der Waals surface area contributed by atoms with Crippen molar-refractivity contribution in [3.05, 3.63) is 95.8 Å². The zero-order valence-corrected chi connectivity index (χ0v) is 78.5. The fourth-order valence-electron chi connectivity index (χ4n) is 13.8. The van der Waals surface area contributed by atoms with Crippen molar-refractivity contribution in [3.63, 3.8) is 0 Å². The lowest BCUT2D eigenvalue weighted by atomic mass is 9.95. The van der Waals surface area contributed by atoms with Crippen LogP contribution in [0.2, 0.25) is 0 Å². The van der Waals surface area contributed by atoms with Gasteiger partial charge in [0.2, 0.25) is 29.9 Å². The highest BCUT2D eigenvalue weighted by molar-refractivity contribution is 6.15. The van der Waals surface area contributed by atoms with Crippen LogP contribution in [-0.2, 0) is 132 Å². The second kappa shape index (κ2) is 67.5. The van der Waals surface area contributed by atoms with E-state index in [1.807, 2.05) is 12.1 Å². The average Bonchev–Trinajstić information content (AvgIpc) is 1.76. The molecule has 2 aliphatic heterocycles. The summed E-state index contributed by atoms with van der Waals surface area (Å²) in [6, 6.07) is 10.3. The molecule has 3 aromatic rings. The van der Waals surface area contributed by atoms with Gasteiger partial charge < -0.3 is 122 Å². The lowest BCUT2D eigenvalue weighted by Crippen LogP contribution is -2.61. The first kappa shape index (κ1) is 114. The molecule has 3 aliphatic rings. The molecule has 9 N–H and O–H groups in total. The summed E-state index contributed by atoms with van der Waals surface area (Å²) in [5.74, 6) is -6.77. The quantitative estimate of drug-likeness (QED) is 0.0197.